The van der Waals surface area contributed by atoms with Gasteiger partial charge in [-0.3, -0.25) is 0 Å². The van der Waals surface area contributed by atoms with Crippen LogP contribution >= 0.6 is 0 Å². The Balaban J connectivity index is 2.84. The molecule has 0 aliphatic heterocycles. The maximum atomic E-state index is 10.7. The van der Waals surface area contributed by atoms with E-state index >= 15 is 0 Å². The fourth-order valence-electron chi connectivity index (χ4n) is 1.23. The first-order valence-corrected chi connectivity index (χ1v) is 4.34. The molecule has 0 fully saturated rings. The molecule has 0 saturated carbocycles. The zero-order chi connectivity index (χ0) is 9.84. The summed E-state index contributed by atoms with van der Waals surface area (Å²) in [5.41, 5.74) is 6.28. The average Bonchev–Trinajstić information content (AvgIpc) is 2.43. The molecule has 13 heavy (non-hydrogen) atoms. The highest BCUT2D eigenvalue weighted by Gasteiger charge is 2.10. The summed E-state index contributed by atoms with van der Waals surface area (Å²) >= 11 is 0. The van der Waals surface area contributed by atoms with Crippen molar-refractivity contribution in [2.75, 3.05) is 5.73 Å². The van der Waals surface area contributed by atoms with Crippen LogP contribution in [0.2, 0.25) is 0 Å². The van der Waals surface area contributed by atoms with E-state index in [0.717, 1.165) is 19.4 Å². The average molecular weight is 182 g/mol. The molecule has 0 saturated heterocycles. The number of nitrogen functional groups attached to an aromatic ring is 1. The first-order chi connectivity index (χ1) is 6.15. The van der Waals surface area contributed by atoms with E-state index in [0.29, 0.717) is 5.69 Å². The molecule has 0 amide bonds. The topological polar surface area (TPSA) is 68.2 Å². The summed E-state index contributed by atoms with van der Waals surface area (Å²) in [4.78, 5) is 10.7. The number of anilines is 1. The second-order valence-corrected chi connectivity index (χ2v) is 3.01. The summed E-state index contributed by atoms with van der Waals surface area (Å²) < 4.78 is 1.68. The maximum Gasteiger partial charge on any atom is 0.352 e. The van der Waals surface area contributed by atoms with E-state index in [1.807, 2.05) is 0 Å². The van der Waals surface area contributed by atoms with Crippen molar-refractivity contribution in [2.24, 2.45) is 0 Å². The number of aromatic nitrogens is 1. The highest BCUT2D eigenvalue weighted by molar-refractivity contribution is 5.87. The lowest BCUT2D eigenvalue weighted by atomic mass is 10.3. The second kappa shape index (κ2) is 3.98. The predicted octanol–water partition coefficient (Wildman–Crippen LogP) is 1.57. The van der Waals surface area contributed by atoms with E-state index in [4.69, 9.17) is 10.8 Å². The number of nitrogens with zero attached hydrogens (tertiary/aromatic N) is 1. The van der Waals surface area contributed by atoms with Crippen molar-refractivity contribution in [2.45, 2.75) is 26.3 Å². The molecule has 0 spiro atoms. The van der Waals surface area contributed by atoms with Crippen molar-refractivity contribution in [3.8, 4) is 0 Å². The Hall–Kier alpha value is -1.45. The molecule has 0 aliphatic carbocycles. The van der Waals surface area contributed by atoms with Crippen molar-refractivity contribution in [1.29, 1.82) is 0 Å². The number of rotatable bonds is 4. The van der Waals surface area contributed by atoms with Crippen LogP contribution < -0.4 is 5.73 Å². The second-order valence-electron chi connectivity index (χ2n) is 3.01. The van der Waals surface area contributed by atoms with Gasteiger partial charge in [-0.05, 0) is 12.5 Å². The van der Waals surface area contributed by atoms with Crippen LogP contribution in [0.5, 0.6) is 0 Å². The monoisotopic (exact) mass is 182 g/mol. The molecule has 0 radical (unpaired) electrons. The smallest absolute Gasteiger partial charge is 0.352 e. The summed E-state index contributed by atoms with van der Waals surface area (Å²) in [6.07, 6.45) is 3.67. The first-order valence-electron chi connectivity index (χ1n) is 4.34. The van der Waals surface area contributed by atoms with E-state index in [1.165, 1.54) is 6.07 Å². The summed E-state index contributed by atoms with van der Waals surface area (Å²) in [6.45, 7) is 2.78. The van der Waals surface area contributed by atoms with E-state index < -0.39 is 5.97 Å². The van der Waals surface area contributed by atoms with Gasteiger partial charge in [0.25, 0.3) is 0 Å². The quantitative estimate of drug-likeness (QED) is 0.742. The van der Waals surface area contributed by atoms with Gasteiger partial charge in [0.2, 0.25) is 0 Å². The van der Waals surface area contributed by atoms with Crippen LogP contribution in [0.15, 0.2) is 12.3 Å². The van der Waals surface area contributed by atoms with Crippen LogP contribution in [0.4, 0.5) is 5.69 Å². The van der Waals surface area contributed by atoms with Crippen molar-refractivity contribution in [3.63, 3.8) is 0 Å². The van der Waals surface area contributed by atoms with Crippen molar-refractivity contribution < 1.29 is 9.90 Å². The molecule has 0 atom stereocenters. The molecule has 0 bridgehead atoms. The summed E-state index contributed by atoms with van der Waals surface area (Å²) in [5, 5.41) is 8.80. The largest absolute Gasteiger partial charge is 0.477 e. The van der Waals surface area contributed by atoms with Gasteiger partial charge in [-0.25, -0.2) is 4.79 Å². The number of hydrogen-bond acceptors (Lipinski definition) is 2. The van der Waals surface area contributed by atoms with Crippen LogP contribution in [0.1, 0.15) is 30.3 Å². The van der Waals surface area contributed by atoms with Gasteiger partial charge < -0.3 is 15.4 Å². The molecule has 4 heteroatoms. The Morgan fingerprint density at radius 1 is 1.69 bits per heavy atom. The highest BCUT2D eigenvalue weighted by atomic mass is 16.4. The molecule has 0 unspecified atom stereocenters. The Kier molecular flexibility index (Phi) is 2.95. The number of unbranched alkanes of at least 4 members (excludes halogenated alkanes) is 1. The third-order valence-electron chi connectivity index (χ3n) is 1.89. The molecule has 1 rings (SSSR count). The number of aromatic carboxylic acids is 1. The van der Waals surface area contributed by atoms with Crippen LogP contribution in [-0.2, 0) is 6.54 Å². The van der Waals surface area contributed by atoms with E-state index in [-0.39, 0.29) is 5.69 Å². The van der Waals surface area contributed by atoms with Crippen LogP contribution in [-0.4, -0.2) is 15.6 Å². The number of aryl methyl sites for hydroxylation is 1. The lowest BCUT2D eigenvalue weighted by Crippen LogP contribution is -2.07. The minimum atomic E-state index is -0.923. The number of carboxylic acids is 1. The third kappa shape index (κ3) is 2.24. The SMILES string of the molecule is CCCCn1cc(N)cc1C(=O)O. The maximum absolute atomic E-state index is 10.7. The number of carboxylic acid groups (broad SMARTS) is 1. The summed E-state index contributed by atoms with van der Waals surface area (Å²) in [6, 6.07) is 1.48. The fourth-order valence-corrected chi connectivity index (χ4v) is 1.23. The van der Waals surface area contributed by atoms with E-state index in [1.54, 1.807) is 10.8 Å². The number of nitrogens with two attached hydrogens (primary N) is 1. The number of hydrogen-bond donors (Lipinski definition) is 2. The van der Waals surface area contributed by atoms with Crippen molar-refractivity contribution in [1.82, 2.24) is 4.57 Å². The molecule has 1 heterocycles. The predicted molar refractivity (Wildman–Crippen MR) is 50.7 cm³/mol. The zero-order valence-corrected chi connectivity index (χ0v) is 7.66. The molecule has 0 aliphatic rings. The molecule has 0 aromatic carbocycles. The number of carbonyl (C=O) groups is 1. The Morgan fingerprint density at radius 2 is 2.38 bits per heavy atom. The van der Waals surface area contributed by atoms with Gasteiger partial charge in [0.1, 0.15) is 5.69 Å². The first kappa shape index (κ1) is 9.64. The molecule has 1 aromatic rings. The van der Waals surface area contributed by atoms with Crippen molar-refractivity contribution in [3.05, 3.63) is 18.0 Å². The van der Waals surface area contributed by atoms with E-state index in [9.17, 15) is 4.79 Å². The molecular weight excluding hydrogens is 168 g/mol. The Labute approximate surface area is 77.0 Å². The minimum absolute atomic E-state index is 0.269. The summed E-state index contributed by atoms with van der Waals surface area (Å²) in [7, 11) is 0. The Bertz CT molecular complexity index is 305. The van der Waals surface area contributed by atoms with Gasteiger partial charge in [0, 0.05) is 12.7 Å². The van der Waals surface area contributed by atoms with Gasteiger partial charge in [0.05, 0.1) is 5.69 Å². The molecular formula is C9H14N2O2. The zero-order valence-electron chi connectivity index (χ0n) is 7.66. The highest BCUT2D eigenvalue weighted by Crippen LogP contribution is 2.11. The minimum Gasteiger partial charge on any atom is -0.477 e. The third-order valence-corrected chi connectivity index (χ3v) is 1.89. The van der Waals surface area contributed by atoms with Crippen LogP contribution in [0, 0.1) is 0 Å². The van der Waals surface area contributed by atoms with Gasteiger partial charge in [0.15, 0.2) is 0 Å². The van der Waals surface area contributed by atoms with E-state index in [2.05, 4.69) is 6.92 Å². The van der Waals surface area contributed by atoms with Gasteiger partial charge in [-0.15, -0.1) is 0 Å². The molecule has 72 valence electrons. The summed E-state index contributed by atoms with van der Waals surface area (Å²) in [5.74, 6) is -0.923. The molecule has 3 N–H and O–H groups in total. The molecule has 4 nitrogen and oxygen atoms in total. The van der Waals surface area contributed by atoms with Crippen molar-refractivity contribution >= 4 is 11.7 Å². The van der Waals surface area contributed by atoms with Gasteiger partial charge in [-0.2, -0.15) is 0 Å². The van der Waals surface area contributed by atoms with Crippen LogP contribution in [0.25, 0.3) is 0 Å². The standard InChI is InChI=1S/C9H14N2O2/c1-2-3-4-11-6-7(10)5-8(11)9(12)13/h5-6H,2-4,10H2,1H3,(H,12,13). The van der Waals surface area contributed by atoms with Crippen LogP contribution in [0.3, 0.4) is 0 Å². The Morgan fingerprint density at radius 3 is 2.92 bits per heavy atom. The molecule has 1 aromatic heterocycles. The van der Waals surface area contributed by atoms with Gasteiger partial charge >= 0.3 is 5.97 Å². The normalized spacial score (nSPS) is 10.2. The van der Waals surface area contributed by atoms with Gasteiger partial charge in [-0.1, -0.05) is 13.3 Å². The fraction of sp³-hybridized carbons (Fsp3) is 0.444. The lowest BCUT2D eigenvalue weighted by Gasteiger charge is -2.03. The lowest BCUT2D eigenvalue weighted by molar-refractivity contribution is 0.0685.